The molecule has 1 atom stereocenters. The van der Waals surface area contributed by atoms with Gasteiger partial charge in [-0.05, 0) is 50.6 Å². The third kappa shape index (κ3) is 4.01. The fourth-order valence-corrected chi connectivity index (χ4v) is 4.57. The number of rotatable bonds is 5. The van der Waals surface area contributed by atoms with Crippen molar-refractivity contribution in [3.05, 3.63) is 47.5 Å². The molecule has 7 heteroatoms. The van der Waals surface area contributed by atoms with Crippen molar-refractivity contribution in [1.29, 1.82) is 0 Å². The van der Waals surface area contributed by atoms with Gasteiger partial charge in [0.1, 0.15) is 11.5 Å². The van der Waals surface area contributed by atoms with Gasteiger partial charge in [-0.3, -0.25) is 4.79 Å². The van der Waals surface area contributed by atoms with E-state index in [1.54, 1.807) is 6.07 Å². The van der Waals surface area contributed by atoms with Crippen molar-refractivity contribution in [3.8, 4) is 0 Å². The number of benzene rings is 1. The molecule has 3 aromatic rings. The minimum Gasteiger partial charge on any atom is -0.337 e. The first-order chi connectivity index (χ1) is 14.1. The standard InChI is InChI=1S/C22H27N5OS/c1-4-11-27-19-10-6-5-9-17(19)24-20(27)16-8-7-12-26(14-16)21(28)18-13-15(2)23-22(25-18)29-3/h5-6,9-10,13,16H,4,7-8,11-12,14H2,1-3H3. The summed E-state index contributed by atoms with van der Waals surface area (Å²) in [4.78, 5) is 28.9. The fraction of sp³-hybridized carbons (Fsp3) is 0.455. The molecule has 152 valence electrons. The Morgan fingerprint density at radius 1 is 1.24 bits per heavy atom. The van der Waals surface area contributed by atoms with E-state index in [0.29, 0.717) is 17.4 Å². The van der Waals surface area contributed by atoms with E-state index in [2.05, 4.69) is 39.7 Å². The van der Waals surface area contributed by atoms with Crippen molar-refractivity contribution in [2.24, 2.45) is 0 Å². The molecule has 1 saturated heterocycles. The second-order valence-electron chi connectivity index (χ2n) is 7.58. The molecule has 2 aromatic heterocycles. The number of aromatic nitrogens is 4. The lowest BCUT2D eigenvalue weighted by atomic mass is 9.96. The number of amides is 1. The largest absolute Gasteiger partial charge is 0.337 e. The van der Waals surface area contributed by atoms with Gasteiger partial charge >= 0.3 is 0 Å². The molecule has 1 aliphatic heterocycles. The van der Waals surface area contributed by atoms with Crippen molar-refractivity contribution in [3.63, 3.8) is 0 Å². The summed E-state index contributed by atoms with van der Waals surface area (Å²) < 4.78 is 2.34. The van der Waals surface area contributed by atoms with Gasteiger partial charge in [0.2, 0.25) is 0 Å². The average Bonchev–Trinajstić information content (AvgIpc) is 3.12. The zero-order chi connectivity index (χ0) is 20.4. The fourth-order valence-electron chi connectivity index (χ4n) is 4.14. The minimum absolute atomic E-state index is 0.00588. The number of piperidine rings is 1. The third-order valence-electron chi connectivity index (χ3n) is 5.44. The Hall–Kier alpha value is -2.41. The number of aryl methyl sites for hydroxylation is 2. The van der Waals surface area contributed by atoms with Crippen molar-refractivity contribution >= 4 is 28.7 Å². The van der Waals surface area contributed by atoms with Gasteiger partial charge in [-0.1, -0.05) is 30.8 Å². The Bertz CT molecular complexity index is 1030. The van der Waals surface area contributed by atoms with E-state index in [4.69, 9.17) is 4.98 Å². The normalized spacial score (nSPS) is 17.1. The van der Waals surface area contributed by atoms with Crippen LogP contribution < -0.4 is 0 Å². The second kappa shape index (κ2) is 8.53. The van der Waals surface area contributed by atoms with Crippen LogP contribution in [0.1, 0.15) is 54.1 Å². The molecule has 0 N–H and O–H groups in total. The number of carbonyl (C=O) groups is 1. The van der Waals surface area contributed by atoms with Crippen LogP contribution in [0, 0.1) is 6.92 Å². The molecule has 6 nitrogen and oxygen atoms in total. The molecule has 1 unspecified atom stereocenters. The molecule has 1 fully saturated rings. The first-order valence-corrected chi connectivity index (χ1v) is 11.5. The zero-order valence-electron chi connectivity index (χ0n) is 17.3. The molecule has 0 aliphatic carbocycles. The van der Waals surface area contributed by atoms with Gasteiger partial charge in [-0.2, -0.15) is 0 Å². The van der Waals surface area contributed by atoms with E-state index in [9.17, 15) is 4.79 Å². The molecular formula is C22H27N5OS. The first kappa shape index (κ1) is 19.9. The van der Waals surface area contributed by atoms with E-state index in [0.717, 1.165) is 49.4 Å². The maximum atomic E-state index is 13.2. The SMILES string of the molecule is CCCn1c(C2CCCN(C(=O)c3cc(C)nc(SC)n3)C2)nc2ccccc21. The summed E-state index contributed by atoms with van der Waals surface area (Å²) in [5.74, 6) is 1.34. The Labute approximate surface area is 175 Å². The summed E-state index contributed by atoms with van der Waals surface area (Å²) in [7, 11) is 0. The molecule has 1 aliphatic rings. The van der Waals surface area contributed by atoms with E-state index >= 15 is 0 Å². The number of thioether (sulfide) groups is 1. The lowest BCUT2D eigenvalue weighted by molar-refractivity contribution is 0.0696. The molecule has 1 aromatic carbocycles. The molecule has 0 spiro atoms. The van der Waals surface area contributed by atoms with Gasteiger partial charge in [0.05, 0.1) is 11.0 Å². The van der Waals surface area contributed by atoms with Crippen LogP contribution in [0.4, 0.5) is 0 Å². The third-order valence-corrected chi connectivity index (χ3v) is 5.99. The number of likely N-dealkylation sites (tertiary alicyclic amines) is 1. The van der Waals surface area contributed by atoms with Crippen LogP contribution in [0.2, 0.25) is 0 Å². The summed E-state index contributed by atoms with van der Waals surface area (Å²) in [6.45, 7) is 6.49. The van der Waals surface area contributed by atoms with E-state index in [1.165, 1.54) is 17.3 Å². The predicted molar refractivity (Wildman–Crippen MR) is 116 cm³/mol. The Morgan fingerprint density at radius 3 is 2.86 bits per heavy atom. The highest BCUT2D eigenvalue weighted by Crippen LogP contribution is 2.30. The summed E-state index contributed by atoms with van der Waals surface area (Å²) in [6.07, 6.45) is 5.01. The van der Waals surface area contributed by atoms with E-state index in [1.807, 2.05) is 24.1 Å². The van der Waals surface area contributed by atoms with Gasteiger partial charge in [-0.25, -0.2) is 15.0 Å². The van der Waals surface area contributed by atoms with Crippen molar-refractivity contribution in [2.75, 3.05) is 19.3 Å². The quantitative estimate of drug-likeness (QED) is 0.465. The number of carbonyl (C=O) groups excluding carboxylic acids is 1. The molecule has 29 heavy (non-hydrogen) atoms. The maximum Gasteiger partial charge on any atom is 0.272 e. The lowest BCUT2D eigenvalue weighted by Crippen LogP contribution is -2.40. The second-order valence-corrected chi connectivity index (χ2v) is 8.36. The number of imidazole rings is 1. The summed E-state index contributed by atoms with van der Waals surface area (Å²) >= 11 is 1.46. The number of hydrogen-bond acceptors (Lipinski definition) is 5. The summed E-state index contributed by atoms with van der Waals surface area (Å²) in [6, 6.07) is 10.1. The summed E-state index contributed by atoms with van der Waals surface area (Å²) in [5.41, 5.74) is 3.54. The smallest absolute Gasteiger partial charge is 0.272 e. The minimum atomic E-state index is -0.00588. The van der Waals surface area contributed by atoms with E-state index < -0.39 is 0 Å². The number of para-hydroxylation sites is 2. The molecule has 4 rings (SSSR count). The predicted octanol–water partition coefficient (Wildman–Crippen LogP) is 4.29. The molecule has 1 amide bonds. The molecule has 0 saturated carbocycles. The lowest BCUT2D eigenvalue weighted by Gasteiger charge is -2.32. The highest BCUT2D eigenvalue weighted by atomic mass is 32.2. The Morgan fingerprint density at radius 2 is 2.07 bits per heavy atom. The van der Waals surface area contributed by atoms with Crippen LogP contribution in [0.3, 0.4) is 0 Å². The maximum absolute atomic E-state index is 13.2. The molecular weight excluding hydrogens is 382 g/mol. The average molecular weight is 410 g/mol. The Kier molecular flexibility index (Phi) is 5.85. The number of fused-ring (bicyclic) bond motifs is 1. The van der Waals surface area contributed by atoms with Crippen LogP contribution in [0.25, 0.3) is 11.0 Å². The highest BCUT2D eigenvalue weighted by molar-refractivity contribution is 7.98. The van der Waals surface area contributed by atoms with Crippen LogP contribution in [0.5, 0.6) is 0 Å². The van der Waals surface area contributed by atoms with Crippen molar-refractivity contribution in [2.45, 2.75) is 50.7 Å². The van der Waals surface area contributed by atoms with Gasteiger partial charge in [0, 0.05) is 31.2 Å². The van der Waals surface area contributed by atoms with Gasteiger partial charge < -0.3 is 9.47 Å². The van der Waals surface area contributed by atoms with Gasteiger partial charge in [0.25, 0.3) is 5.91 Å². The molecule has 0 bridgehead atoms. The van der Waals surface area contributed by atoms with Crippen LogP contribution in [-0.2, 0) is 6.54 Å². The van der Waals surface area contributed by atoms with Crippen molar-refractivity contribution in [1.82, 2.24) is 24.4 Å². The summed E-state index contributed by atoms with van der Waals surface area (Å²) in [5, 5.41) is 0.645. The highest BCUT2D eigenvalue weighted by Gasteiger charge is 2.29. The van der Waals surface area contributed by atoms with Crippen LogP contribution >= 0.6 is 11.8 Å². The topological polar surface area (TPSA) is 63.9 Å². The van der Waals surface area contributed by atoms with Crippen LogP contribution in [0.15, 0.2) is 35.5 Å². The van der Waals surface area contributed by atoms with Crippen LogP contribution in [-0.4, -0.2) is 49.7 Å². The van der Waals surface area contributed by atoms with E-state index in [-0.39, 0.29) is 11.8 Å². The zero-order valence-corrected chi connectivity index (χ0v) is 18.1. The van der Waals surface area contributed by atoms with Gasteiger partial charge in [-0.15, -0.1) is 0 Å². The van der Waals surface area contributed by atoms with Gasteiger partial charge in [0.15, 0.2) is 5.16 Å². The van der Waals surface area contributed by atoms with Crippen molar-refractivity contribution < 1.29 is 4.79 Å². The molecule has 3 heterocycles. The Balaban J connectivity index is 1.62. The number of hydrogen-bond donors (Lipinski definition) is 0. The first-order valence-electron chi connectivity index (χ1n) is 10.2. The monoisotopic (exact) mass is 409 g/mol. The molecule has 0 radical (unpaired) electrons. The number of nitrogens with zero attached hydrogens (tertiary/aromatic N) is 5.